The molecule has 1 heterocycles. The molecule has 19 heavy (non-hydrogen) atoms. The number of rotatable bonds is 2. The molecule has 1 aromatic heterocycles. The molecule has 0 saturated heterocycles. The number of aromatic amines is 1. The molecule has 3 rings (SSSR count). The van der Waals surface area contributed by atoms with Crippen LogP contribution in [0.5, 0.6) is 0 Å². The quantitative estimate of drug-likeness (QED) is 0.876. The lowest BCUT2D eigenvalue weighted by Gasteiger charge is -2.43. The summed E-state index contributed by atoms with van der Waals surface area (Å²) < 4.78 is 0. The highest BCUT2D eigenvalue weighted by atomic mass is 35.5. The van der Waals surface area contributed by atoms with E-state index in [4.69, 9.17) is 11.6 Å². The van der Waals surface area contributed by atoms with Crippen molar-refractivity contribution in [2.24, 2.45) is 16.7 Å². The van der Waals surface area contributed by atoms with Crippen molar-refractivity contribution in [2.45, 2.75) is 46.1 Å². The first-order valence-corrected chi connectivity index (χ1v) is 7.22. The van der Waals surface area contributed by atoms with Crippen molar-refractivity contribution in [2.75, 3.05) is 5.32 Å². The summed E-state index contributed by atoms with van der Waals surface area (Å²) in [4.78, 5) is 18.2. The molecule has 2 aliphatic carbocycles. The number of hydrogen-bond acceptors (Lipinski definition) is 3. The van der Waals surface area contributed by atoms with Crippen LogP contribution in [0.3, 0.4) is 0 Å². The average molecular weight is 282 g/mol. The lowest BCUT2D eigenvalue weighted by Crippen LogP contribution is -2.46. The maximum atomic E-state index is 11.5. The van der Waals surface area contributed by atoms with Gasteiger partial charge in [-0.2, -0.15) is 0 Å². The topological polar surface area (TPSA) is 57.8 Å². The van der Waals surface area contributed by atoms with Gasteiger partial charge in [0.2, 0.25) is 0 Å². The molecule has 5 heteroatoms. The fourth-order valence-electron chi connectivity index (χ4n) is 4.28. The summed E-state index contributed by atoms with van der Waals surface area (Å²) in [5, 5.41) is 3.61. The van der Waals surface area contributed by atoms with Gasteiger partial charge >= 0.3 is 0 Å². The highest BCUT2D eigenvalue weighted by Crippen LogP contribution is 2.63. The van der Waals surface area contributed by atoms with Crippen molar-refractivity contribution < 1.29 is 0 Å². The highest BCUT2D eigenvalue weighted by molar-refractivity contribution is 6.32. The van der Waals surface area contributed by atoms with E-state index in [0.29, 0.717) is 11.9 Å². The van der Waals surface area contributed by atoms with Crippen molar-refractivity contribution in [1.29, 1.82) is 0 Å². The van der Waals surface area contributed by atoms with E-state index in [-0.39, 0.29) is 21.4 Å². The van der Waals surface area contributed by atoms with Crippen LogP contribution in [0.4, 0.5) is 5.82 Å². The molecule has 0 radical (unpaired) electrons. The highest BCUT2D eigenvalue weighted by Gasteiger charge is 2.59. The van der Waals surface area contributed by atoms with Gasteiger partial charge in [-0.3, -0.25) is 4.79 Å². The van der Waals surface area contributed by atoms with Gasteiger partial charge in [-0.05, 0) is 36.0 Å². The second-order valence-electron chi connectivity index (χ2n) is 6.89. The number of aromatic nitrogens is 2. The van der Waals surface area contributed by atoms with Gasteiger partial charge < -0.3 is 10.3 Å². The smallest absolute Gasteiger partial charge is 0.271 e. The molecular weight excluding hydrogens is 262 g/mol. The third-order valence-electron chi connectivity index (χ3n) is 5.35. The van der Waals surface area contributed by atoms with E-state index in [0.717, 1.165) is 5.92 Å². The maximum Gasteiger partial charge on any atom is 0.271 e. The number of nitrogens with one attached hydrogen (secondary N) is 2. The maximum absolute atomic E-state index is 11.5. The Balaban J connectivity index is 1.95. The molecule has 1 aromatic rings. The second kappa shape index (κ2) is 3.98. The minimum Gasteiger partial charge on any atom is -0.365 e. The Labute approximate surface area is 118 Å². The first kappa shape index (κ1) is 13.0. The van der Waals surface area contributed by atoms with Crippen LogP contribution in [0.2, 0.25) is 5.02 Å². The van der Waals surface area contributed by atoms with Crippen molar-refractivity contribution in [3.05, 3.63) is 21.7 Å². The summed E-state index contributed by atoms with van der Waals surface area (Å²) in [6.07, 6.45) is 5.19. The van der Waals surface area contributed by atoms with E-state index in [9.17, 15) is 4.79 Å². The van der Waals surface area contributed by atoms with Gasteiger partial charge in [0.1, 0.15) is 5.02 Å². The van der Waals surface area contributed by atoms with Gasteiger partial charge in [0.15, 0.2) is 5.82 Å². The predicted octanol–water partition coefficient (Wildman–Crippen LogP) is 3.05. The third-order valence-corrected chi connectivity index (χ3v) is 5.70. The second-order valence-corrected chi connectivity index (χ2v) is 7.26. The van der Waals surface area contributed by atoms with Gasteiger partial charge in [0.05, 0.1) is 6.33 Å². The summed E-state index contributed by atoms with van der Waals surface area (Å²) in [5.41, 5.74) is 0.202. The Morgan fingerprint density at radius 2 is 2.21 bits per heavy atom. The zero-order valence-electron chi connectivity index (χ0n) is 11.6. The van der Waals surface area contributed by atoms with Crippen LogP contribution < -0.4 is 10.9 Å². The summed E-state index contributed by atoms with van der Waals surface area (Å²) in [5.74, 6) is 1.26. The zero-order chi connectivity index (χ0) is 13.8. The number of nitrogens with zero attached hydrogens (tertiary/aromatic N) is 1. The molecule has 0 aliphatic heterocycles. The van der Waals surface area contributed by atoms with Crippen LogP contribution in [0.25, 0.3) is 0 Å². The number of hydrogen-bond donors (Lipinski definition) is 2. The van der Waals surface area contributed by atoms with Gasteiger partial charge in [0, 0.05) is 6.04 Å². The lowest BCUT2D eigenvalue weighted by molar-refractivity contribution is 0.155. The Kier molecular flexibility index (Phi) is 2.72. The SMILES string of the molecule is CC12CCC(C1)C(C)(C)C2Nc1nc[nH]c(=O)c1Cl. The summed E-state index contributed by atoms with van der Waals surface area (Å²) in [6, 6.07) is 0.311. The van der Waals surface area contributed by atoms with Crippen molar-refractivity contribution in [1.82, 2.24) is 9.97 Å². The Morgan fingerprint density at radius 3 is 2.84 bits per heavy atom. The van der Waals surface area contributed by atoms with Gasteiger partial charge in [0.25, 0.3) is 5.56 Å². The van der Waals surface area contributed by atoms with Crippen molar-refractivity contribution >= 4 is 17.4 Å². The van der Waals surface area contributed by atoms with Gasteiger partial charge in [-0.1, -0.05) is 32.4 Å². The molecule has 3 atom stereocenters. The van der Waals surface area contributed by atoms with E-state index in [1.54, 1.807) is 0 Å². The van der Waals surface area contributed by atoms with E-state index in [2.05, 4.69) is 36.1 Å². The van der Waals surface area contributed by atoms with Crippen LogP contribution in [0, 0.1) is 16.7 Å². The van der Waals surface area contributed by atoms with E-state index in [1.807, 2.05) is 0 Å². The third kappa shape index (κ3) is 1.80. The van der Waals surface area contributed by atoms with Crippen molar-refractivity contribution in [3.63, 3.8) is 0 Å². The number of halogens is 1. The van der Waals surface area contributed by atoms with E-state index >= 15 is 0 Å². The van der Waals surface area contributed by atoms with Gasteiger partial charge in [-0.15, -0.1) is 0 Å². The molecule has 3 unspecified atom stereocenters. The molecule has 0 amide bonds. The monoisotopic (exact) mass is 281 g/mol. The average Bonchev–Trinajstić information content (AvgIpc) is 2.81. The van der Waals surface area contributed by atoms with Crippen LogP contribution >= 0.6 is 11.6 Å². The molecule has 2 aliphatic rings. The van der Waals surface area contributed by atoms with Crippen LogP contribution in [0.1, 0.15) is 40.0 Å². The Bertz CT molecular complexity index is 563. The molecule has 2 saturated carbocycles. The lowest BCUT2D eigenvalue weighted by atomic mass is 9.68. The summed E-state index contributed by atoms with van der Waals surface area (Å²) in [6.45, 7) is 6.95. The van der Waals surface area contributed by atoms with Crippen LogP contribution in [0.15, 0.2) is 11.1 Å². The van der Waals surface area contributed by atoms with Crippen LogP contribution in [-0.2, 0) is 0 Å². The molecule has 2 fully saturated rings. The number of H-pyrrole nitrogens is 1. The fraction of sp³-hybridized carbons (Fsp3) is 0.714. The molecular formula is C14H20ClN3O. The number of fused-ring (bicyclic) bond motifs is 2. The number of anilines is 1. The summed E-state index contributed by atoms with van der Waals surface area (Å²) in [7, 11) is 0. The summed E-state index contributed by atoms with van der Waals surface area (Å²) >= 11 is 6.04. The standard InChI is InChI=1S/C14H20ClN3O/c1-13(2)8-4-5-14(3,6-8)12(13)18-10-9(15)11(19)17-7-16-10/h7-8,12H,4-6H2,1-3H3,(H2,16,17,18,19). The van der Waals surface area contributed by atoms with E-state index < -0.39 is 0 Å². The predicted molar refractivity (Wildman–Crippen MR) is 76.5 cm³/mol. The molecule has 0 aromatic carbocycles. The normalized spacial score (nSPS) is 35.6. The largest absolute Gasteiger partial charge is 0.365 e. The Morgan fingerprint density at radius 1 is 1.47 bits per heavy atom. The molecule has 2 N–H and O–H groups in total. The first-order chi connectivity index (χ1) is 8.84. The molecule has 104 valence electrons. The minimum absolute atomic E-state index is 0.157. The first-order valence-electron chi connectivity index (χ1n) is 6.84. The van der Waals surface area contributed by atoms with Crippen molar-refractivity contribution in [3.8, 4) is 0 Å². The van der Waals surface area contributed by atoms with Crippen LogP contribution in [-0.4, -0.2) is 16.0 Å². The molecule has 4 nitrogen and oxygen atoms in total. The Hall–Kier alpha value is -1.03. The van der Waals surface area contributed by atoms with E-state index in [1.165, 1.54) is 25.6 Å². The van der Waals surface area contributed by atoms with Gasteiger partial charge in [-0.25, -0.2) is 4.98 Å². The molecule has 0 spiro atoms. The zero-order valence-corrected chi connectivity index (χ0v) is 12.3. The minimum atomic E-state index is -0.287. The molecule has 2 bridgehead atoms. The fourth-order valence-corrected chi connectivity index (χ4v) is 4.44.